The van der Waals surface area contributed by atoms with Gasteiger partial charge < -0.3 is 10.3 Å². The van der Waals surface area contributed by atoms with Gasteiger partial charge in [-0.15, -0.1) is 11.3 Å². The minimum atomic E-state index is -0.471. The second-order valence-corrected chi connectivity index (χ2v) is 6.68. The zero-order chi connectivity index (χ0) is 18.8. The first kappa shape index (κ1) is 16.9. The predicted octanol–water partition coefficient (Wildman–Crippen LogP) is 3.78. The second kappa shape index (κ2) is 6.96. The van der Waals surface area contributed by atoms with E-state index in [1.165, 1.54) is 23.5 Å². The number of non-ortho nitro benzene ring substituents is 1. The number of aromatic amines is 1. The molecule has 4 rings (SSSR count). The van der Waals surface area contributed by atoms with Crippen LogP contribution in [-0.4, -0.2) is 25.8 Å². The summed E-state index contributed by atoms with van der Waals surface area (Å²) in [5.74, 6) is 0.247. The molecule has 0 aliphatic heterocycles. The first-order chi connectivity index (χ1) is 13.1. The molecule has 0 radical (unpaired) electrons. The topological polar surface area (TPSA) is 114 Å². The molecule has 134 valence electrons. The maximum atomic E-state index is 12.2. The van der Waals surface area contributed by atoms with Gasteiger partial charge in [-0.3, -0.25) is 14.9 Å². The van der Waals surface area contributed by atoms with Gasteiger partial charge in [-0.05, 0) is 23.8 Å². The van der Waals surface area contributed by atoms with Gasteiger partial charge in [0.2, 0.25) is 5.91 Å². The highest BCUT2D eigenvalue weighted by atomic mass is 32.1. The lowest BCUT2D eigenvalue weighted by Crippen LogP contribution is -2.14. The molecule has 0 atom stereocenters. The van der Waals surface area contributed by atoms with Crippen molar-refractivity contribution in [2.45, 2.75) is 6.42 Å². The highest BCUT2D eigenvalue weighted by molar-refractivity contribution is 7.13. The number of benzene rings is 2. The number of aromatic nitrogens is 3. The monoisotopic (exact) mass is 379 g/mol. The Morgan fingerprint density at radius 1 is 1.22 bits per heavy atom. The highest BCUT2D eigenvalue weighted by Crippen LogP contribution is 2.28. The van der Waals surface area contributed by atoms with Crippen LogP contribution in [0.3, 0.4) is 0 Å². The Kier molecular flexibility index (Phi) is 4.35. The van der Waals surface area contributed by atoms with E-state index in [0.29, 0.717) is 11.4 Å². The smallest absolute Gasteiger partial charge is 0.269 e. The largest absolute Gasteiger partial charge is 0.345 e. The number of carbonyl (C=O) groups excluding carboxylic acids is 1. The number of amides is 1. The second-order valence-electron chi connectivity index (χ2n) is 5.82. The molecule has 2 heterocycles. The minimum absolute atomic E-state index is 0.00228. The fourth-order valence-corrected chi connectivity index (χ4v) is 3.39. The molecule has 2 aromatic heterocycles. The van der Waals surface area contributed by atoms with Crippen LogP contribution in [0, 0.1) is 10.1 Å². The normalized spacial score (nSPS) is 10.8. The van der Waals surface area contributed by atoms with Crippen LogP contribution in [0.25, 0.3) is 21.6 Å². The fraction of sp³-hybridized carbons (Fsp3) is 0.0556. The Labute approximate surface area is 157 Å². The lowest BCUT2D eigenvalue weighted by atomic mass is 10.1. The van der Waals surface area contributed by atoms with Gasteiger partial charge in [0.15, 0.2) is 0 Å². The molecule has 0 fully saturated rings. The summed E-state index contributed by atoms with van der Waals surface area (Å²) in [5.41, 5.74) is 3.43. The maximum Gasteiger partial charge on any atom is 0.269 e. The molecule has 2 N–H and O–H groups in total. The van der Waals surface area contributed by atoms with Crippen LogP contribution in [0.5, 0.6) is 0 Å². The number of nitro groups is 1. The number of imidazole rings is 1. The average molecular weight is 379 g/mol. The minimum Gasteiger partial charge on any atom is -0.345 e. The van der Waals surface area contributed by atoms with E-state index in [1.807, 2.05) is 18.2 Å². The van der Waals surface area contributed by atoms with E-state index in [0.717, 1.165) is 21.6 Å². The standard InChI is InChI=1S/C18H13N5O3S/c24-17(7-11-1-4-13(5-2-11)23(25)26)21-16-9-27-18(22-16)12-3-6-14-15(8-12)20-10-19-14/h1-6,8-10H,7H2,(H,19,20)(H,21,24). The third kappa shape index (κ3) is 3.67. The molecule has 0 saturated carbocycles. The van der Waals surface area contributed by atoms with E-state index >= 15 is 0 Å². The number of anilines is 1. The maximum absolute atomic E-state index is 12.2. The number of thiazole rings is 1. The number of fused-ring (bicyclic) bond motifs is 1. The number of nitrogens with one attached hydrogen (secondary N) is 2. The van der Waals surface area contributed by atoms with Gasteiger partial charge in [0, 0.05) is 23.1 Å². The quantitative estimate of drug-likeness (QED) is 0.405. The van der Waals surface area contributed by atoms with Gasteiger partial charge in [0.05, 0.1) is 28.7 Å². The van der Waals surface area contributed by atoms with E-state index in [9.17, 15) is 14.9 Å². The van der Waals surface area contributed by atoms with Crippen molar-refractivity contribution in [3.05, 3.63) is 69.8 Å². The number of H-pyrrole nitrogens is 1. The zero-order valence-electron chi connectivity index (χ0n) is 13.9. The van der Waals surface area contributed by atoms with Crippen LogP contribution >= 0.6 is 11.3 Å². The molecule has 1 amide bonds. The molecule has 0 saturated heterocycles. The van der Waals surface area contributed by atoms with Gasteiger partial charge in [0.1, 0.15) is 10.8 Å². The van der Waals surface area contributed by atoms with Crippen LogP contribution in [0.15, 0.2) is 54.2 Å². The Balaban J connectivity index is 1.43. The van der Waals surface area contributed by atoms with Gasteiger partial charge >= 0.3 is 0 Å². The van der Waals surface area contributed by atoms with E-state index in [1.54, 1.807) is 23.8 Å². The summed E-state index contributed by atoms with van der Waals surface area (Å²) in [4.78, 5) is 34.1. The van der Waals surface area contributed by atoms with Crippen LogP contribution in [0.4, 0.5) is 11.5 Å². The van der Waals surface area contributed by atoms with Gasteiger partial charge in [-0.25, -0.2) is 9.97 Å². The average Bonchev–Trinajstić information content (AvgIpc) is 3.30. The molecule has 0 unspecified atom stereocenters. The van der Waals surface area contributed by atoms with Crippen molar-refractivity contribution >= 4 is 39.8 Å². The summed E-state index contributed by atoms with van der Waals surface area (Å²) < 4.78 is 0. The number of nitro benzene ring substituents is 1. The molecule has 2 aromatic carbocycles. The number of hydrogen-bond acceptors (Lipinski definition) is 6. The van der Waals surface area contributed by atoms with E-state index in [-0.39, 0.29) is 18.0 Å². The predicted molar refractivity (Wildman–Crippen MR) is 103 cm³/mol. The summed E-state index contributed by atoms with van der Waals surface area (Å²) in [6.45, 7) is 0. The van der Waals surface area contributed by atoms with Gasteiger partial charge in [0.25, 0.3) is 5.69 Å². The van der Waals surface area contributed by atoms with Crippen LogP contribution in [0.2, 0.25) is 0 Å². The summed E-state index contributed by atoms with van der Waals surface area (Å²) in [6.07, 6.45) is 1.76. The van der Waals surface area contributed by atoms with Crippen molar-refractivity contribution in [3.8, 4) is 10.6 Å². The molecule has 4 aromatic rings. The van der Waals surface area contributed by atoms with Crippen molar-refractivity contribution in [1.82, 2.24) is 15.0 Å². The third-order valence-electron chi connectivity index (χ3n) is 3.95. The Morgan fingerprint density at radius 2 is 2.04 bits per heavy atom. The number of nitrogens with zero attached hydrogens (tertiary/aromatic N) is 3. The van der Waals surface area contributed by atoms with Crippen LogP contribution < -0.4 is 5.32 Å². The fourth-order valence-electron chi connectivity index (χ4n) is 2.64. The molecule has 0 aliphatic carbocycles. The van der Waals surface area contributed by atoms with E-state index in [4.69, 9.17) is 0 Å². The van der Waals surface area contributed by atoms with Crippen molar-refractivity contribution in [1.29, 1.82) is 0 Å². The molecule has 0 bridgehead atoms. The van der Waals surface area contributed by atoms with Gasteiger partial charge in [-0.1, -0.05) is 12.1 Å². The molecule has 8 nitrogen and oxygen atoms in total. The van der Waals surface area contributed by atoms with Gasteiger partial charge in [-0.2, -0.15) is 0 Å². The third-order valence-corrected chi connectivity index (χ3v) is 4.84. The molecule has 0 spiro atoms. The van der Waals surface area contributed by atoms with E-state index in [2.05, 4.69) is 20.3 Å². The summed E-state index contributed by atoms with van der Waals surface area (Å²) >= 11 is 1.43. The molecular formula is C18H13N5O3S. The summed E-state index contributed by atoms with van der Waals surface area (Å²) in [5, 5.41) is 16.0. The lowest BCUT2D eigenvalue weighted by molar-refractivity contribution is -0.384. The van der Waals surface area contributed by atoms with Crippen LogP contribution in [0.1, 0.15) is 5.56 Å². The molecule has 0 aliphatic rings. The number of carbonyl (C=O) groups is 1. The van der Waals surface area contributed by atoms with Crippen molar-refractivity contribution in [2.75, 3.05) is 5.32 Å². The summed E-state index contributed by atoms with van der Waals surface area (Å²) in [7, 11) is 0. The Hall–Kier alpha value is -3.59. The highest BCUT2D eigenvalue weighted by Gasteiger charge is 2.11. The van der Waals surface area contributed by atoms with E-state index < -0.39 is 4.92 Å². The zero-order valence-corrected chi connectivity index (χ0v) is 14.7. The van der Waals surface area contributed by atoms with Crippen LogP contribution in [-0.2, 0) is 11.2 Å². The number of rotatable bonds is 5. The first-order valence-corrected chi connectivity index (χ1v) is 8.89. The Morgan fingerprint density at radius 3 is 2.81 bits per heavy atom. The molecular weight excluding hydrogens is 366 g/mol. The Bertz CT molecular complexity index is 1130. The molecule has 9 heteroatoms. The summed E-state index contributed by atoms with van der Waals surface area (Å²) in [6, 6.07) is 11.7. The first-order valence-electron chi connectivity index (χ1n) is 8.01. The lowest BCUT2D eigenvalue weighted by Gasteiger charge is -2.02. The van der Waals surface area contributed by atoms with Crippen molar-refractivity contribution < 1.29 is 9.72 Å². The molecule has 27 heavy (non-hydrogen) atoms. The van der Waals surface area contributed by atoms with Crippen molar-refractivity contribution in [3.63, 3.8) is 0 Å². The van der Waals surface area contributed by atoms with Crippen molar-refractivity contribution in [2.24, 2.45) is 0 Å². The number of hydrogen-bond donors (Lipinski definition) is 2. The SMILES string of the molecule is O=C(Cc1ccc([N+](=O)[O-])cc1)Nc1csc(-c2ccc3nc[nH]c3c2)n1.